The van der Waals surface area contributed by atoms with Gasteiger partial charge < -0.3 is 0 Å². The number of alkyl halides is 21. The molecule has 1 N–H and O–H groups in total. The van der Waals surface area contributed by atoms with Gasteiger partial charge in [-0.25, -0.2) is 4.74 Å². The van der Waals surface area contributed by atoms with Gasteiger partial charge in [0, 0.05) is 0 Å². The van der Waals surface area contributed by atoms with E-state index in [0.29, 0.717) is 0 Å². The molecule has 0 rings (SSSR count). The normalized spacial score (nSPS) is 16.9. The van der Waals surface area contributed by atoms with Crippen LogP contribution >= 0.6 is 0 Å². The van der Waals surface area contributed by atoms with E-state index in [0.717, 1.165) is 4.74 Å². The standard InChI is InChI=1S/C10HF21O4S/c11-1(12,3(15,16)5(19,20)7(23,24)25)2(13,14)4(17,18)6(21,22)8(26,27)35-9(28,29)10(30,31)36(32,33)34/h(H,32,33,34). The molecule has 0 saturated carbocycles. The average molecular weight is 616 g/mol. The number of rotatable bonds is 10. The van der Waals surface area contributed by atoms with Gasteiger partial charge in [0.05, 0.1) is 0 Å². The molecule has 218 valence electrons. The SMILES string of the molecule is O=S(=O)(O)C(F)(F)C(F)(F)OC(F)(F)C(F)(F)C(F)(F)C(F)(F)C(F)(F)C(F)(F)C(F)(F)C(F)(F)F. The van der Waals surface area contributed by atoms with Crippen LogP contribution in [0.5, 0.6) is 0 Å². The van der Waals surface area contributed by atoms with Crippen LogP contribution in [0.1, 0.15) is 0 Å². The highest BCUT2D eigenvalue weighted by Gasteiger charge is 2.96. The minimum atomic E-state index is -9.23. The van der Waals surface area contributed by atoms with E-state index >= 15 is 0 Å². The second-order valence-electron chi connectivity index (χ2n) is 6.07. The lowest BCUT2D eigenvalue weighted by molar-refractivity contribution is -0.506. The molecule has 0 aliphatic carbocycles. The molecular weight excluding hydrogens is 615 g/mol. The van der Waals surface area contributed by atoms with Crippen LogP contribution in [0, 0.1) is 0 Å². The number of hydrogen-bond donors (Lipinski definition) is 1. The Balaban J connectivity index is 6.91. The van der Waals surface area contributed by atoms with Crippen molar-refractivity contribution in [3.8, 4) is 0 Å². The molecule has 0 atom stereocenters. The van der Waals surface area contributed by atoms with E-state index in [1.807, 2.05) is 0 Å². The molecule has 0 unspecified atom stereocenters. The first-order valence-electron chi connectivity index (χ1n) is 7.10. The molecule has 0 aromatic heterocycles. The van der Waals surface area contributed by atoms with Gasteiger partial charge in [0.25, 0.3) is 0 Å². The lowest BCUT2D eigenvalue weighted by Gasteiger charge is -2.42. The summed E-state index contributed by atoms with van der Waals surface area (Å²) in [6, 6.07) is 0. The van der Waals surface area contributed by atoms with E-state index in [-0.39, 0.29) is 0 Å². The quantitative estimate of drug-likeness (QED) is 0.240. The van der Waals surface area contributed by atoms with E-state index < -0.39 is 69.3 Å². The van der Waals surface area contributed by atoms with Gasteiger partial charge in [0.2, 0.25) is 0 Å². The fourth-order valence-corrected chi connectivity index (χ4v) is 1.93. The molecule has 0 aliphatic rings. The molecule has 0 heterocycles. The first-order valence-corrected chi connectivity index (χ1v) is 8.54. The lowest BCUT2D eigenvalue weighted by atomic mass is 9.90. The van der Waals surface area contributed by atoms with Crippen molar-refractivity contribution in [3.05, 3.63) is 0 Å². The van der Waals surface area contributed by atoms with Crippen LogP contribution in [0.15, 0.2) is 0 Å². The summed E-state index contributed by atoms with van der Waals surface area (Å²) in [5.41, 5.74) is 0. The van der Waals surface area contributed by atoms with Gasteiger partial charge in [-0.3, -0.25) is 4.55 Å². The van der Waals surface area contributed by atoms with Crippen LogP contribution in [-0.4, -0.2) is 72.2 Å². The minimum Gasteiger partial charge on any atom is -0.281 e. The topological polar surface area (TPSA) is 63.6 Å². The molecule has 0 spiro atoms. The van der Waals surface area contributed by atoms with E-state index in [4.69, 9.17) is 4.55 Å². The van der Waals surface area contributed by atoms with Gasteiger partial charge in [0.15, 0.2) is 0 Å². The third kappa shape index (κ3) is 4.38. The van der Waals surface area contributed by atoms with Gasteiger partial charge in [-0.1, -0.05) is 0 Å². The summed E-state index contributed by atoms with van der Waals surface area (Å²) in [4.78, 5) is 0. The Morgan fingerprint density at radius 2 is 0.667 bits per heavy atom. The number of ether oxygens (including phenoxy) is 1. The second kappa shape index (κ2) is 8.20. The Labute approximate surface area is 180 Å². The molecule has 0 bridgehead atoms. The van der Waals surface area contributed by atoms with Gasteiger partial charge in [-0.2, -0.15) is 101 Å². The Hall–Kier alpha value is -1.60. The van der Waals surface area contributed by atoms with Crippen molar-refractivity contribution < 1.29 is 110 Å². The summed E-state index contributed by atoms with van der Waals surface area (Å²) in [5, 5.41) is -7.55. The smallest absolute Gasteiger partial charge is 0.281 e. The van der Waals surface area contributed by atoms with Crippen molar-refractivity contribution in [1.29, 1.82) is 0 Å². The van der Waals surface area contributed by atoms with Gasteiger partial charge in [-0.05, 0) is 0 Å². The zero-order chi connectivity index (χ0) is 30.2. The molecule has 0 radical (unpaired) electrons. The van der Waals surface area contributed by atoms with Gasteiger partial charge >= 0.3 is 69.3 Å². The molecule has 0 aliphatic heterocycles. The van der Waals surface area contributed by atoms with Crippen LogP contribution in [0.4, 0.5) is 92.2 Å². The highest BCUT2D eigenvalue weighted by Crippen LogP contribution is 2.64. The van der Waals surface area contributed by atoms with E-state index in [1.54, 1.807) is 0 Å². The average Bonchev–Trinajstić information content (AvgIpc) is 2.57. The molecular formula is C10HF21O4S. The molecule has 4 nitrogen and oxygen atoms in total. The predicted molar refractivity (Wildman–Crippen MR) is 63.2 cm³/mol. The monoisotopic (exact) mass is 616 g/mol. The van der Waals surface area contributed by atoms with Crippen molar-refractivity contribution in [2.45, 2.75) is 59.2 Å². The third-order valence-corrected chi connectivity index (χ3v) is 4.50. The van der Waals surface area contributed by atoms with Crippen molar-refractivity contribution in [3.63, 3.8) is 0 Å². The fraction of sp³-hybridized carbons (Fsp3) is 1.00. The van der Waals surface area contributed by atoms with Gasteiger partial charge in [-0.15, -0.1) is 0 Å². The highest BCUT2D eigenvalue weighted by atomic mass is 32.2. The third-order valence-electron chi connectivity index (χ3n) is 3.61. The van der Waals surface area contributed by atoms with Crippen molar-refractivity contribution in [2.24, 2.45) is 0 Å². The Morgan fingerprint density at radius 1 is 0.417 bits per heavy atom. The van der Waals surface area contributed by atoms with E-state index in [9.17, 15) is 101 Å². The summed E-state index contributed by atoms with van der Waals surface area (Å²) in [7, 11) is -7.75. The van der Waals surface area contributed by atoms with Crippen LogP contribution in [-0.2, 0) is 14.9 Å². The zero-order valence-corrected chi connectivity index (χ0v) is 15.8. The summed E-state index contributed by atoms with van der Waals surface area (Å²) in [6.07, 6.45) is -24.4. The fourth-order valence-electron chi connectivity index (χ4n) is 1.58. The number of hydrogen-bond acceptors (Lipinski definition) is 3. The maximum Gasteiger partial charge on any atom is 0.460 e. The largest absolute Gasteiger partial charge is 0.460 e. The number of halogens is 21. The van der Waals surface area contributed by atoms with Crippen LogP contribution in [0.25, 0.3) is 0 Å². The molecule has 26 heteroatoms. The minimum absolute atomic E-state index is 1.00. The predicted octanol–water partition coefficient (Wildman–Crippen LogP) is 6.04. The maximum absolute atomic E-state index is 13.3. The molecule has 36 heavy (non-hydrogen) atoms. The second-order valence-corrected chi connectivity index (χ2v) is 7.53. The molecule has 0 aromatic carbocycles. The summed E-state index contributed by atoms with van der Waals surface area (Å²) in [5.74, 6) is -53.9. The summed E-state index contributed by atoms with van der Waals surface area (Å²) < 4.78 is 299. The Morgan fingerprint density at radius 3 is 0.917 bits per heavy atom. The maximum atomic E-state index is 13.3. The van der Waals surface area contributed by atoms with E-state index in [1.165, 1.54) is 0 Å². The van der Waals surface area contributed by atoms with Crippen molar-refractivity contribution in [1.82, 2.24) is 0 Å². The Kier molecular flexibility index (Phi) is 7.83. The van der Waals surface area contributed by atoms with Crippen LogP contribution < -0.4 is 0 Å². The highest BCUT2D eigenvalue weighted by molar-refractivity contribution is 7.86. The summed E-state index contributed by atoms with van der Waals surface area (Å²) in [6.45, 7) is 0. The van der Waals surface area contributed by atoms with Crippen LogP contribution in [0.3, 0.4) is 0 Å². The van der Waals surface area contributed by atoms with Gasteiger partial charge in [0.1, 0.15) is 0 Å². The first kappa shape index (κ1) is 34.4. The summed E-state index contributed by atoms with van der Waals surface area (Å²) >= 11 is 0. The lowest BCUT2D eigenvalue weighted by Crippen LogP contribution is -2.75. The zero-order valence-electron chi connectivity index (χ0n) is 15.0. The Bertz CT molecular complexity index is 931. The van der Waals surface area contributed by atoms with Crippen molar-refractivity contribution >= 4 is 10.1 Å². The molecule has 0 saturated heterocycles. The van der Waals surface area contributed by atoms with E-state index in [2.05, 4.69) is 0 Å². The molecule has 0 fully saturated rings. The molecule has 0 aromatic rings. The molecule has 0 amide bonds. The van der Waals surface area contributed by atoms with Crippen molar-refractivity contribution in [2.75, 3.05) is 0 Å². The first-order chi connectivity index (χ1) is 15.0. The van der Waals surface area contributed by atoms with Crippen LogP contribution in [0.2, 0.25) is 0 Å².